The lowest BCUT2D eigenvalue weighted by Crippen LogP contribution is -2.47. The Balaban J connectivity index is 1.94. The molecule has 1 nitrogen and oxygen atoms in total. The third-order valence-electron chi connectivity index (χ3n) is 4.15. The third-order valence-corrected chi connectivity index (χ3v) is 4.15. The minimum atomic E-state index is 0.926. The van der Waals surface area contributed by atoms with Gasteiger partial charge in [0, 0.05) is 12.1 Å². The summed E-state index contributed by atoms with van der Waals surface area (Å²) >= 11 is 0. The Morgan fingerprint density at radius 3 is 2.15 bits per heavy atom. The molecule has 0 radical (unpaired) electrons. The fourth-order valence-electron chi connectivity index (χ4n) is 3.10. The lowest BCUT2D eigenvalue weighted by molar-refractivity contribution is 0.0694. The van der Waals surface area contributed by atoms with Crippen molar-refractivity contribution in [3.8, 4) is 0 Å². The van der Waals surface area contributed by atoms with Crippen LogP contribution in [0.2, 0.25) is 0 Å². The lowest BCUT2D eigenvalue weighted by atomic mass is 9.89. The summed E-state index contributed by atoms with van der Waals surface area (Å²) in [6.07, 6.45) is 8.81. The molecular weight excluding hydrogens is 158 g/mol. The van der Waals surface area contributed by atoms with Gasteiger partial charge >= 0.3 is 0 Å². The standard InChI is InChI=1S/C12H23N/c1-3-13(11-7-5-8-11)12-9-4-6-10(12)2/h10-12H,3-9H2,1-2H3. The SMILES string of the molecule is CCN(C1CCC1)C1CCCC1C. The molecule has 76 valence electrons. The molecule has 0 spiro atoms. The molecule has 2 unspecified atom stereocenters. The van der Waals surface area contributed by atoms with Crippen molar-refractivity contribution in [1.29, 1.82) is 0 Å². The first-order valence-corrected chi connectivity index (χ1v) is 6.08. The molecule has 2 saturated carbocycles. The highest BCUT2D eigenvalue weighted by Gasteiger charge is 2.34. The molecule has 0 bridgehead atoms. The minimum Gasteiger partial charge on any atom is -0.297 e. The Hall–Kier alpha value is -0.0400. The second kappa shape index (κ2) is 4.00. The van der Waals surface area contributed by atoms with E-state index < -0.39 is 0 Å². The molecule has 0 amide bonds. The molecule has 0 aromatic rings. The van der Waals surface area contributed by atoms with Gasteiger partial charge in [-0.05, 0) is 38.1 Å². The van der Waals surface area contributed by atoms with Gasteiger partial charge in [0.05, 0.1) is 0 Å². The molecule has 2 aliphatic carbocycles. The van der Waals surface area contributed by atoms with Crippen LogP contribution in [0.4, 0.5) is 0 Å². The Labute approximate surface area is 82.5 Å². The van der Waals surface area contributed by atoms with Crippen molar-refractivity contribution < 1.29 is 0 Å². The number of rotatable bonds is 3. The molecule has 13 heavy (non-hydrogen) atoms. The van der Waals surface area contributed by atoms with Gasteiger partial charge in [-0.1, -0.05) is 26.7 Å². The number of hydrogen-bond acceptors (Lipinski definition) is 1. The van der Waals surface area contributed by atoms with Gasteiger partial charge in [-0.25, -0.2) is 0 Å². The zero-order chi connectivity index (χ0) is 9.26. The second-order valence-electron chi connectivity index (χ2n) is 4.89. The topological polar surface area (TPSA) is 3.24 Å². The molecule has 2 aliphatic rings. The molecule has 1 heteroatoms. The van der Waals surface area contributed by atoms with E-state index in [2.05, 4.69) is 18.7 Å². The van der Waals surface area contributed by atoms with E-state index in [1.807, 2.05) is 0 Å². The van der Waals surface area contributed by atoms with Gasteiger partial charge in [-0.15, -0.1) is 0 Å². The molecule has 0 aromatic carbocycles. The monoisotopic (exact) mass is 181 g/mol. The Morgan fingerprint density at radius 1 is 1.08 bits per heavy atom. The zero-order valence-corrected chi connectivity index (χ0v) is 9.13. The van der Waals surface area contributed by atoms with E-state index in [4.69, 9.17) is 0 Å². The normalized spacial score (nSPS) is 35.3. The highest BCUT2D eigenvalue weighted by atomic mass is 15.2. The van der Waals surface area contributed by atoms with Crippen molar-refractivity contribution in [2.45, 2.75) is 64.5 Å². The second-order valence-corrected chi connectivity index (χ2v) is 4.89. The molecular formula is C12H23N. The van der Waals surface area contributed by atoms with Gasteiger partial charge < -0.3 is 0 Å². The number of nitrogens with zero attached hydrogens (tertiary/aromatic N) is 1. The van der Waals surface area contributed by atoms with Gasteiger partial charge in [0.2, 0.25) is 0 Å². The summed E-state index contributed by atoms with van der Waals surface area (Å²) < 4.78 is 0. The molecule has 0 aliphatic heterocycles. The summed E-state index contributed by atoms with van der Waals surface area (Å²) in [5.41, 5.74) is 0. The van der Waals surface area contributed by atoms with Crippen molar-refractivity contribution >= 4 is 0 Å². The molecule has 0 heterocycles. The maximum atomic E-state index is 2.79. The van der Waals surface area contributed by atoms with Gasteiger partial charge in [-0.3, -0.25) is 4.90 Å². The summed E-state index contributed by atoms with van der Waals surface area (Å²) in [5, 5.41) is 0. The van der Waals surface area contributed by atoms with Crippen LogP contribution in [0.5, 0.6) is 0 Å². The first-order valence-electron chi connectivity index (χ1n) is 6.08. The molecule has 2 atom stereocenters. The fraction of sp³-hybridized carbons (Fsp3) is 1.00. The van der Waals surface area contributed by atoms with Crippen LogP contribution < -0.4 is 0 Å². The fourth-order valence-corrected chi connectivity index (χ4v) is 3.10. The van der Waals surface area contributed by atoms with E-state index >= 15 is 0 Å². The van der Waals surface area contributed by atoms with E-state index in [0.29, 0.717) is 0 Å². The average molecular weight is 181 g/mol. The van der Waals surface area contributed by atoms with Crippen LogP contribution in [0.15, 0.2) is 0 Å². The third kappa shape index (κ3) is 1.76. The van der Waals surface area contributed by atoms with Crippen LogP contribution in [0.25, 0.3) is 0 Å². The molecule has 2 rings (SSSR count). The Bertz CT molecular complexity index is 163. The highest BCUT2D eigenvalue weighted by Crippen LogP contribution is 2.35. The van der Waals surface area contributed by atoms with Crippen LogP contribution in [0, 0.1) is 5.92 Å². The maximum absolute atomic E-state index is 2.79. The van der Waals surface area contributed by atoms with E-state index in [9.17, 15) is 0 Å². The first-order chi connectivity index (χ1) is 6.33. The average Bonchev–Trinajstić information content (AvgIpc) is 2.43. The van der Waals surface area contributed by atoms with Crippen molar-refractivity contribution in [3.05, 3.63) is 0 Å². The molecule has 0 N–H and O–H groups in total. The van der Waals surface area contributed by atoms with Gasteiger partial charge in [-0.2, -0.15) is 0 Å². The molecule has 2 fully saturated rings. The van der Waals surface area contributed by atoms with Crippen LogP contribution in [0.1, 0.15) is 52.4 Å². The van der Waals surface area contributed by atoms with E-state index in [-0.39, 0.29) is 0 Å². The Morgan fingerprint density at radius 2 is 1.77 bits per heavy atom. The quantitative estimate of drug-likeness (QED) is 0.647. The van der Waals surface area contributed by atoms with E-state index in [1.165, 1.54) is 45.1 Å². The van der Waals surface area contributed by atoms with Crippen LogP contribution in [-0.2, 0) is 0 Å². The van der Waals surface area contributed by atoms with Crippen LogP contribution in [0.3, 0.4) is 0 Å². The van der Waals surface area contributed by atoms with Gasteiger partial charge in [0.15, 0.2) is 0 Å². The lowest BCUT2D eigenvalue weighted by Gasteiger charge is -2.42. The van der Waals surface area contributed by atoms with Gasteiger partial charge in [0.25, 0.3) is 0 Å². The highest BCUT2D eigenvalue weighted by molar-refractivity contribution is 4.89. The van der Waals surface area contributed by atoms with Crippen LogP contribution in [-0.4, -0.2) is 23.5 Å². The zero-order valence-electron chi connectivity index (χ0n) is 9.13. The summed E-state index contributed by atoms with van der Waals surface area (Å²) in [6, 6.07) is 1.88. The van der Waals surface area contributed by atoms with Gasteiger partial charge in [0.1, 0.15) is 0 Å². The predicted molar refractivity (Wildman–Crippen MR) is 56.8 cm³/mol. The van der Waals surface area contributed by atoms with Crippen molar-refractivity contribution in [1.82, 2.24) is 4.90 Å². The first kappa shape index (κ1) is 9.51. The predicted octanol–water partition coefficient (Wildman–Crippen LogP) is 3.05. The summed E-state index contributed by atoms with van der Waals surface area (Å²) in [4.78, 5) is 2.79. The molecule has 0 aromatic heterocycles. The van der Waals surface area contributed by atoms with E-state index in [1.54, 1.807) is 0 Å². The van der Waals surface area contributed by atoms with Crippen molar-refractivity contribution in [2.24, 2.45) is 5.92 Å². The van der Waals surface area contributed by atoms with Crippen molar-refractivity contribution in [3.63, 3.8) is 0 Å². The molecule has 0 saturated heterocycles. The number of hydrogen-bond donors (Lipinski definition) is 0. The minimum absolute atomic E-state index is 0.926. The van der Waals surface area contributed by atoms with E-state index in [0.717, 1.165) is 18.0 Å². The summed E-state index contributed by atoms with van der Waals surface area (Å²) in [5.74, 6) is 0.959. The largest absolute Gasteiger partial charge is 0.297 e. The summed E-state index contributed by atoms with van der Waals surface area (Å²) in [7, 11) is 0. The van der Waals surface area contributed by atoms with Crippen LogP contribution >= 0.6 is 0 Å². The Kier molecular flexibility index (Phi) is 2.92. The smallest absolute Gasteiger partial charge is 0.0124 e. The summed E-state index contributed by atoms with van der Waals surface area (Å²) in [6.45, 7) is 6.06. The van der Waals surface area contributed by atoms with Crippen molar-refractivity contribution in [2.75, 3.05) is 6.54 Å². The maximum Gasteiger partial charge on any atom is 0.0124 e.